The molecular weight excluding hydrogens is 249 g/mol. The summed E-state index contributed by atoms with van der Waals surface area (Å²) in [5.74, 6) is -2.16. The lowest BCUT2D eigenvalue weighted by atomic mass is 10.0. The van der Waals surface area contributed by atoms with Crippen molar-refractivity contribution in [1.82, 2.24) is 4.90 Å². The quantitative estimate of drug-likeness (QED) is 0.828. The topological polar surface area (TPSA) is 47.7 Å². The number of hydrogen-bond donors (Lipinski definition) is 1. The highest BCUT2D eigenvalue weighted by molar-refractivity contribution is 4.85. The number of halogens is 3. The molecule has 0 aliphatic carbocycles. The third-order valence-electron chi connectivity index (χ3n) is 3.54. The van der Waals surface area contributed by atoms with Crippen LogP contribution in [-0.2, 0) is 9.47 Å². The van der Waals surface area contributed by atoms with Gasteiger partial charge in [-0.1, -0.05) is 0 Å². The van der Waals surface area contributed by atoms with Crippen LogP contribution in [0.5, 0.6) is 0 Å². The van der Waals surface area contributed by atoms with E-state index in [1.807, 2.05) is 0 Å². The highest BCUT2D eigenvalue weighted by Gasteiger charge is 2.44. The summed E-state index contributed by atoms with van der Waals surface area (Å²) in [6.07, 6.45) is -2.70. The van der Waals surface area contributed by atoms with E-state index >= 15 is 0 Å². The number of alkyl halides is 3. The average molecular weight is 268 g/mol. The highest BCUT2D eigenvalue weighted by Crippen LogP contribution is 2.32. The molecule has 1 unspecified atom stereocenters. The Labute approximate surface area is 104 Å². The van der Waals surface area contributed by atoms with Crippen LogP contribution in [0.3, 0.4) is 0 Å². The highest BCUT2D eigenvalue weighted by atomic mass is 19.4. The van der Waals surface area contributed by atoms with Gasteiger partial charge in [0.25, 0.3) is 0 Å². The van der Waals surface area contributed by atoms with Crippen LogP contribution in [0.1, 0.15) is 12.8 Å². The van der Waals surface area contributed by atoms with Gasteiger partial charge >= 0.3 is 6.18 Å². The number of nitrogens with two attached hydrogens (primary N) is 1. The van der Waals surface area contributed by atoms with E-state index in [9.17, 15) is 13.2 Å². The third kappa shape index (κ3) is 3.14. The maximum Gasteiger partial charge on any atom is 0.394 e. The van der Waals surface area contributed by atoms with Gasteiger partial charge in [0.05, 0.1) is 25.7 Å². The summed E-state index contributed by atoms with van der Waals surface area (Å²) in [6, 6.07) is 0. The standard InChI is InChI=1S/C11H19F3N2O2/c12-11(13,14)9(6-15)7-16-3-1-2-10(8-16)17-4-5-18-10/h9H,1-8,15H2. The molecule has 0 amide bonds. The molecule has 1 atom stereocenters. The van der Waals surface area contributed by atoms with Gasteiger partial charge in [-0.05, 0) is 13.0 Å². The van der Waals surface area contributed by atoms with Crippen molar-refractivity contribution in [3.8, 4) is 0 Å². The summed E-state index contributed by atoms with van der Waals surface area (Å²) < 4.78 is 49.1. The van der Waals surface area contributed by atoms with Crippen LogP contribution in [0.25, 0.3) is 0 Å². The van der Waals surface area contributed by atoms with Crippen molar-refractivity contribution in [2.24, 2.45) is 11.7 Å². The molecule has 7 heteroatoms. The second kappa shape index (κ2) is 5.32. The van der Waals surface area contributed by atoms with Gasteiger partial charge in [0.2, 0.25) is 0 Å². The first kappa shape index (κ1) is 14.0. The summed E-state index contributed by atoms with van der Waals surface area (Å²) in [6.45, 7) is 1.63. The SMILES string of the molecule is NCC(CN1CCCC2(C1)OCCO2)C(F)(F)F. The summed E-state index contributed by atoms with van der Waals surface area (Å²) >= 11 is 0. The number of likely N-dealkylation sites (tertiary alicyclic amines) is 1. The Hall–Kier alpha value is -0.370. The van der Waals surface area contributed by atoms with E-state index < -0.39 is 17.9 Å². The Kier molecular flexibility index (Phi) is 4.15. The van der Waals surface area contributed by atoms with Gasteiger partial charge in [-0.15, -0.1) is 0 Å². The van der Waals surface area contributed by atoms with E-state index in [0.29, 0.717) is 26.3 Å². The summed E-state index contributed by atoms with van der Waals surface area (Å²) in [7, 11) is 0. The molecule has 0 aromatic rings. The van der Waals surface area contributed by atoms with Gasteiger partial charge in [-0.2, -0.15) is 13.2 Å². The predicted molar refractivity (Wildman–Crippen MR) is 58.9 cm³/mol. The molecule has 0 bridgehead atoms. The molecule has 1 spiro atoms. The zero-order chi connectivity index (χ0) is 13.2. The normalized spacial score (nSPS) is 26.7. The van der Waals surface area contributed by atoms with Crippen LogP contribution in [0, 0.1) is 5.92 Å². The molecule has 0 saturated carbocycles. The predicted octanol–water partition coefficient (Wildman–Crippen LogP) is 0.962. The van der Waals surface area contributed by atoms with Crippen molar-refractivity contribution in [2.75, 3.05) is 39.4 Å². The largest absolute Gasteiger partial charge is 0.394 e. The number of nitrogens with zero attached hydrogens (tertiary/aromatic N) is 1. The third-order valence-corrected chi connectivity index (χ3v) is 3.54. The molecule has 2 heterocycles. The van der Waals surface area contributed by atoms with Gasteiger partial charge in [-0.3, -0.25) is 4.90 Å². The van der Waals surface area contributed by atoms with Gasteiger partial charge in [0.15, 0.2) is 5.79 Å². The zero-order valence-electron chi connectivity index (χ0n) is 10.2. The van der Waals surface area contributed by atoms with Crippen LogP contribution in [0.4, 0.5) is 13.2 Å². The van der Waals surface area contributed by atoms with Gasteiger partial charge in [0.1, 0.15) is 0 Å². The van der Waals surface area contributed by atoms with E-state index in [-0.39, 0.29) is 13.1 Å². The molecule has 0 aromatic carbocycles. The fourth-order valence-electron chi connectivity index (χ4n) is 2.58. The van der Waals surface area contributed by atoms with Crippen LogP contribution in [0.15, 0.2) is 0 Å². The minimum atomic E-state index is -4.24. The minimum Gasteiger partial charge on any atom is -0.346 e. The second-order valence-corrected chi connectivity index (χ2v) is 4.92. The van der Waals surface area contributed by atoms with E-state index in [2.05, 4.69) is 0 Å². The zero-order valence-corrected chi connectivity index (χ0v) is 10.2. The van der Waals surface area contributed by atoms with Crippen LogP contribution in [-0.4, -0.2) is 56.3 Å². The minimum absolute atomic E-state index is 0.0749. The van der Waals surface area contributed by atoms with Gasteiger partial charge in [-0.25, -0.2) is 0 Å². The molecule has 18 heavy (non-hydrogen) atoms. The van der Waals surface area contributed by atoms with Crippen molar-refractivity contribution in [2.45, 2.75) is 24.8 Å². The molecule has 0 radical (unpaired) electrons. The lowest BCUT2D eigenvalue weighted by Crippen LogP contribution is -2.52. The number of hydrogen-bond acceptors (Lipinski definition) is 4. The smallest absolute Gasteiger partial charge is 0.346 e. The number of ether oxygens (including phenoxy) is 2. The summed E-state index contributed by atoms with van der Waals surface area (Å²) in [4.78, 5) is 1.75. The molecule has 2 aliphatic rings. The molecule has 4 nitrogen and oxygen atoms in total. The fraction of sp³-hybridized carbons (Fsp3) is 1.00. The van der Waals surface area contributed by atoms with Crippen molar-refractivity contribution in [1.29, 1.82) is 0 Å². The van der Waals surface area contributed by atoms with Crippen LogP contribution < -0.4 is 5.73 Å². The molecular formula is C11H19F3N2O2. The molecule has 0 aromatic heterocycles. The Morgan fingerprint density at radius 2 is 1.94 bits per heavy atom. The first-order chi connectivity index (χ1) is 8.45. The van der Waals surface area contributed by atoms with E-state index in [1.54, 1.807) is 4.90 Å². The maximum atomic E-state index is 12.7. The maximum absolute atomic E-state index is 12.7. The Morgan fingerprint density at radius 1 is 1.28 bits per heavy atom. The van der Waals surface area contributed by atoms with Gasteiger partial charge in [0, 0.05) is 19.5 Å². The lowest BCUT2D eigenvalue weighted by molar-refractivity contribution is -0.205. The molecule has 2 aliphatic heterocycles. The van der Waals surface area contributed by atoms with E-state index in [1.165, 1.54) is 0 Å². The van der Waals surface area contributed by atoms with Crippen molar-refractivity contribution in [3.63, 3.8) is 0 Å². The van der Waals surface area contributed by atoms with Crippen molar-refractivity contribution < 1.29 is 22.6 Å². The Balaban J connectivity index is 1.93. The Morgan fingerprint density at radius 3 is 2.50 bits per heavy atom. The lowest BCUT2D eigenvalue weighted by Gasteiger charge is -2.40. The molecule has 2 N–H and O–H groups in total. The van der Waals surface area contributed by atoms with Crippen molar-refractivity contribution >= 4 is 0 Å². The summed E-state index contributed by atoms with van der Waals surface area (Å²) in [5.41, 5.74) is 5.21. The van der Waals surface area contributed by atoms with E-state index in [0.717, 1.165) is 12.8 Å². The summed E-state index contributed by atoms with van der Waals surface area (Å²) in [5, 5.41) is 0. The first-order valence-corrected chi connectivity index (χ1v) is 6.22. The molecule has 2 rings (SSSR count). The van der Waals surface area contributed by atoms with Crippen LogP contribution >= 0.6 is 0 Å². The van der Waals surface area contributed by atoms with E-state index in [4.69, 9.17) is 15.2 Å². The molecule has 2 fully saturated rings. The number of piperidine rings is 1. The first-order valence-electron chi connectivity index (χ1n) is 6.22. The fourth-order valence-corrected chi connectivity index (χ4v) is 2.58. The second-order valence-electron chi connectivity index (χ2n) is 4.92. The Bertz CT molecular complexity index is 280. The monoisotopic (exact) mass is 268 g/mol. The van der Waals surface area contributed by atoms with Crippen LogP contribution in [0.2, 0.25) is 0 Å². The van der Waals surface area contributed by atoms with Crippen molar-refractivity contribution in [3.05, 3.63) is 0 Å². The van der Waals surface area contributed by atoms with Gasteiger partial charge < -0.3 is 15.2 Å². The molecule has 2 saturated heterocycles. The molecule has 106 valence electrons. The number of rotatable bonds is 3. The average Bonchev–Trinajstić information content (AvgIpc) is 2.72.